The maximum atomic E-state index is 7.67. The van der Waals surface area contributed by atoms with E-state index in [0.717, 1.165) is 12.7 Å². The molecule has 10 heavy (non-hydrogen) atoms. The summed E-state index contributed by atoms with van der Waals surface area (Å²) in [6.45, 7) is 2.27. The largest absolute Gasteiger partial charge is 0.322 e. The Labute approximate surface area is 63.7 Å². The topological polar surface area (TPSA) is 35.9 Å². The first kappa shape index (κ1) is 8.29. The number of rotatable bonds is 0. The Morgan fingerprint density at radius 1 is 1.00 bits per heavy atom. The van der Waals surface area contributed by atoms with Crippen LogP contribution in [0.25, 0.3) is 0 Å². The molecule has 2 N–H and O–H groups in total. The van der Waals surface area contributed by atoms with Gasteiger partial charge in [-0.15, -0.1) is 0 Å². The molecule has 1 aliphatic rings. The molecule has 60 valence electrons. The molecule has 1 heterocycles. The highest BCUT2D eigenvalue weighted by Gasteiger charge is 1.98. The Morgan fingerprint density at radius 2 is 1.90 bits per heavy atom. The highest BCUT2D eigenvalue weighted by molar-refractivity contribution is 7.45. The van der Waals surface area contributed by atoms with Gasteiger partial charge in [0.2, 0.25) is 0 Å². The predicted molar refractivity (Wildman–Crippen MR) is 47.5 cm³/mol. The fraction of sp³-hybridized carbons (Fsp3) is 1.00. The van der Waals surface area contributed by atoms with Crippen LogP contribution < -0.4 is 5.32 Å². The molecule has 0 saturated carbocycles. The maximum absolute atomic E-state index is 7.67. The average molecular weight is 160 g/mol. The molecule has 1 fully saturated rings. The van der Waals surface area contributed by atoms with Crippen LogP contribution in [0.3, 0.4) is 0 Å². The summed E-state index contributed by atoms with van der Waals surface area (Å²) in [6.07, 6.45) is 6.31. The summed E-state index contributed by atoms with van der Waals surface area (Å²) in [6, 6.07) is 0. The van der Waals surface area contributed by atoms with Gasteiger partial charge in [-0.2, -0.15) is 0 Å². The van der Waals surface area contributed by atoms with Crippen molar-refractivity contribution < 1.29 is 0 Å². The Bertz CT molecular complexity index is 102. The van der Waals surface area contributed by atoms with Crippen molar-refractivity contribution in [3.05, 3.63) is 0 Å². The van der Waals surface area contributed by atoms with Gasteiger partial charge in [0.05, 0.1) is 0 Å². The smallest absolute Gasteiger partial charge is 0.000154 e. The second kappa shape index (κ2) is 4.92. The second-order valence-electron chi connectivity index (χ2n) is 2.91. The van der Waals surface area contributed by atoms with Crippen LogP contribution in [0, 0.1) is 5.16 Å². The molecule has 0 amide bonds. The molecular formula is C7H17N2P. The summed E-state index contributed by atoms with van der Waals surface area (Å²) in [5, 5.41) is 11.0. The summed E-state index contributed by atoms with van der Waals surface area (Å²) in [7, 11) is -0.687. The molecule has 1 rings (SSSR count). The van der Waals surface area contributed by atoms with E-state index in [2.05, 4.69) is 5.32 Å². The molecule has 0 aliphatic carbocycles. The fourth-order valence-electron chi connectivity index (χ4n) is 1.25. The number of hydrogen-bond donors (Lipinski definition) is 2. The van der Waals surface area contributed by atoms with Crippen LogP contribution in [-0.2, 0) is 0 Å². The van der Waals surface area contributed by atoms with Crippen LogP contribution in [0.15, 0.2) is 0 Å². The SMILES string of the molecule is N=[PH]1CCCCCNCC1. The lowest BCUT2D eigenvalue weighted by molar-refractivity contribution is 0.644. The molecule has 1 aliphatic heterocycles. The van der Waals surface area contributed by atoms with Gasteiger partial charge in [0.25, 0.3) is 0 Å². The first-order valence-electron chi connectivity index (χ1n) is 4.16. The zero-order valence-corrected chi connectivity index (χ0v) is 7.45. The highest BCUT2D eigenvalue weighted by Crippen LogP contribution is 2.22. The monoisotopic (exact) mass is 160 g/mol. The summed E-state index contributed by atoms with van der Waals surface area (Å²) < 4.78 is 0. The number of nitrogens with one attached hydrogen (secondary N) is 2. The minimum Gasteiger partial charge on any atom is -0.322 e. The second-order valence-corrected chi connectivity index (χ2v) is 5.12. The van der Waals surface area contributed by atoms with Crippen molar-refractivity contribution in [2.45, 2.75) is 19.3 Å². The lowest BCUT2D eigenvalue weighted by Gasteiger charge is -2.00. The quantitative estimate of drug-likeness (QED) is 0.520. The molecule has 1 unspecified atom stereocenters. The summed E-state index contributed by atoms with van der Waals surface area (Å²) in [5.41, 5.74) is 0. The zero-order chi connectivity index (χ0) is 7.23. The molecule has 0 aromatic heterocycles. The van der Waals surface area contributed by atoms with E-state index in [1.165, 1.54) is 32.0 Å². The molecule has 3 heteroatoms. The molecule has 0 bridgehead atoms. The molecule has 0 radical (unpaired) electrons. The number of hydrogen-bond acceptors (Lipinski definition) is 2. The Balaban J connectivity index is 2.21. The molecule has 0 spiro atoms. The average Bonchev–Trinajstić information content (AvgIpc) is 2.02. The third-order valence-corrected chi connectivity index (χ3v) is 3.75. The standard InChI is InChI=1S/C7H17N2P/c8-10-6-3-1-2-4-9-5-7-10/h8-10H,1-7H2. The van der Waals surface area contributed by atoms with Gasteiger partial charge < -0.3 is 10.5 Å². The minimum atomic E-state index is -0.687. The van der Waals surface area contributed by atoms with Crippen molar-refractivity contribution in [3.63, 3.8) is 0 Å². The summed E-state index contributed by atoms with van der Waals surface area (Å²) >= 11 is 0. The molecule has 1 atom stereocenters. The summed E-state index contributed by atoms with van der Waals surface area (Å²) in [5.74, 6) is 0. The van der Waals surface area contributed by atoms with Crippen molar-refractivity contribution in [2.75, 3.05) is 25.4 Å². The van der Waals surface area contributed by atoms with E-state index >= 15 is 0 Å². The molecule has 0 aromatic carbocycles. The fourth-order valence-corrected chi connectivity index (χ4v) is 2.66. The third kappa shape index (κ3) is 3.38. The van der Waals surface area contributed by atoms with E-state index in [1.54, 1.807) is 0 Å². The van der Waals surface area contributed by atoms with Gasteiger partial charge in [-0.25, -0.2) is 0 Å². The lowest BCUT2D eigenvalue weighted by Crippen LogP contribution is -2.17. The van der Waals surface area contributed by atoms with Crippen molar-refractivity contribution in [1.29, 1.82) is 5.16 Å². The van der Waals surface area contributed by atoms with Crippen molar-refractivity contribution >= 4 is 7.71 Å². The first-order valence-corrected chi connectivity index (χ1v) is 6.08. The normalized spacial score (nSPS) is 30.2. The Kier molecular flexibility index (Phi) is 4.08. The first-order chi connectivity index (χ1) is 4.89. The highest BCUT2D eigenvalue weighted by atomic mass is 31.1. The van der Waals surface area contributed by atoms with Gasteiger partial charge in [-0.3, -0.25) is 0 Å². The molecule has 0 aromatic rings. The molecule has 2 nitrogen and oxygen atoms in total. The van der Waals surface area contributed by atoms with Crippen LogP contribution in [0.2, 0.25) is 0 Å². The Morgan fingerprint density at radius 3 is 2.80 bits per heavy atom. The van der Waals surface area contributed by atoms with Gasteiger partial charge in [0.1, 0.15) is 0 Å². The van der Waals surface area contributed by atoms with Crippen LogP contribution in [0.1, 0.15) is 19.3 Å². The molecular weight excluding hydrogens is 143 g/mol. The van der Waals surface area contributed by atoms with Gasteiger partial charge in [-0.1, -0.05) is 6.42 Å². The van der Waals surface area contributed by atoms with Gasteiger partial charge in [0, 0.05) is 6.54 Å². The minimum absolute atomic E-state index is 0.687. The van der Waals surface area contributed by atoms with Crippen LogP contribution >= 0.6 is 7.71 Å². The van der Waals surface area contributed by atoms with Crippen LogP contribution in [-0.4, -0.2) is 25.4 Å². The van der Waals surface area contributed by atoms with Crippen molar-refractivity contribution in [1.82, 2.24) is 5.32 Å². The maximum Gasteiger partial charge on any atom is 0.000154 e. The van der Waals surface area contributed by atoms with Gasteiger partial charge in [-0.05, 0) is 39.4 Å². The van der Waals surface area contributed by atoms with Crippen molar-refractivity contribution in [3.8, 4) is 0 Å². The van der Waals surface area contributed by atoms with Crippen LogP contribution in [0.4, 0.5) is 0 Å². The van der Waals surface area contributed by atoms with Gasteiger partial charge >= 0.3 is 0 Å². The van der Waals surface area contributed by atoms with E-state index in [1.807, 2.05) is 0 Å². The van der Waals surface area contributed by atoms with Gasteiger partial charge in [0.15, 0.2) is 0 Å². The molecule has 1 saturated heterocycles. The van der Waals surface area contributed by atoms with E-state index in [-0.39, 0.29) is 0 Å². The zero-order valence-electron chi connectivity index (χ0n) is 6.45. The summed E-state index contributed by atoms with van der Waals surface area (Å²) in [4.78, 5) is 0. The van der Waals surface area contributed by atoms with E-state index in [4.69, 9.17) is 5.16 Å². The lowest BCUT2D eigenvalue weighted by atomic mass is 10.2. The van der Waals surface area contributed by atoms with Crippen LogP contribution in [0.5, 0.6) is 0 Å². The van der Waals surface area contributed by atoms with E-state index in [9.17, 15) is 0 Å². The van der Waals surface area contributed by atoms with Crippen molar-refractivity contribution in [2.24, 2.45) is 0 Å². The predicted octanol–water partition coefficient (Wildman–Crippen LogP) is 1.74. The Hall–Kier alpha value is 0.190. The third-order valence-electron chi connectivity index (χ3n) is 1.94. The van der Waals surface area contributed by atoms with E-state index in [0.29, 0.717) is 0 Å². The van der Waals surface area contributed by atoms with E-state index < -0.39 is 7.71 Å².